The molecule has 2 aromatic rings. The molecule has 2 amide bonds. The van der Waals surface area contributed by atoms with Gasteiger partial charge in [-0.3, -0.25) is 4.57 Å². The minimum atomic E-state index is -4.05. The smallest absolute Gasteiger partial charge is 0.321 e. The third kappa shape index (κ3) is 5.68. The first-order chi connectivity index (χ1) is 11.8. The average molecular weight is 427 g/mol. The summed E-state index contributed by atoms with van der Waals surface area (Å²) in [5, 5.41) is 5.32. The topological polar surface area (TPSA) is 87.7 Å². The first kappa shape index (κ1) is 19.7. The van der Waals surface area contributed by atoms with Gasteiger partial charge in [-0.2, -0.15) is 0 Å². The molecule has 0 saturated heterocycles. The van der Waals surface area contributed by atoms with E-state index in [2.05, 4.69) is 26.6 Å². The Morgan fingerprint density at radius 2 is 1.96 bits per heavy atom. The SMILES string of the molecule is CCC(C)OP(=O)(O)c1ccccc1NC(=O)Nc1cccc(Br)c1. The number of halogens is 1. The van der Waals surface area contributed by atoms with Gasteiger partial charge in [-0.15, -0.1) is 0 Å². The van der Waals surface area contributed by atoms with E-state index in [1.165, 1.54) is 6.07 Å². The van der Waals surface area contributed by atoms with Crippen molar-refractivity contribution in [2.24, 2.45) is 0 Å². The van der Waals surface area contributed by atoms with Crippen LogP contribution in [-0.2, 0) is 9.09 Å². The molecule has 134 valence electrons. The van der Waals surface area contributed by atoms with E-state index in [4.69, 9.17) is 4.52 Å². The van der Waals surface area contributed by atoms with Crippen molar-refractivity contribution in [3.63, 3.8) is 0 Å². The zero-order valence-electron chi connectivity index (χ0n) is 13.9. The Bertz CT molecular complexity index is 800. The molecule has 0 aliphatic carbocycles. The van der Waals surface area contributed by atoms with E-state index in [-0.39, 0.29) is 17.1 Å². The quantitative estimate of drug-likeness (QED) is 0.583. The third-order valence-corrected chi connectivity index (χ3v) is 5.57. The average Bonchev–Trinajstić information content (AvgIpc) is 2.54. The summed E-state index contributed by atoms with van der Waals surface area (Å²) >= 11 is 3.33. The highest BCUT2D eigenvalue weighted by atomic mass is 79.9. The summed E-state index contributed by atoms with van der Waals surface area (Å²) in [4.78, 5) is 22.5. The van der Waals surface area contributed by atoms with Gasteiger partial charge in [0.2, 0.25) is 0 Å². The molecule has 2 aromatic carbocycles. The number of hydrogen-bond donors (Lipinski definition) is 3. The Morgan fingerprint density at radius 1 is 1.24 bits per heavy atom. The lowest BCUT2D eigenvalue weighted by Gasteiger charge is -2.19. The zero-order chi connectivity index (χ0) is 18.4. The third-order valence-electron chi connectivity index (χ3n) is 3.44. The summed E-state index contributed by atoms with van der Waals surface area (Å²) in [7, 11) is -4.05. The summed E-state index contributed by atoms with van der Waals surface area (Å²) in [6, 6.07) is 12.9. The molecule has 0 heterocycles. The minimum absolute atomic E-state index is 0.0553. The second kappa shape index (κ2) is 8.63. The van der Waals surface area contributed by atoms with Crippen molar-refractivity contribution in [1.29, 1.82) is 0 Å². The number of urea groups is 1. The van der Waals surface area contributed by atoms with Crippen LogP contribution in [0.4, 0.5) is 16.2 Å². The molecule has 8 heteroatoms. The molecule has 0 saturated carbocycles. The molecular formula is C17H20BrN2O4P. The molecule has 0 aliphatic rings. The first-order valence-electron chi connectivity index (χ1n) is 7.76. The summed E-state index contributed by atoms with van der Waals surface area (Å²) < 4.78 is 18.6. The van der Waals surface area contributed by atoms with Gasteiger partial charge in [0, 0.05) is 10.2 Å². The number of benzene rings is 2. The van der Waals surface area contributed by atoms with Gasteiger partial charge in [0.05, 0.1) is 17.1 Å². The lowest BCUT2D eigenvalue weighted by atomic mass is 10.3. The summed E-state index contributed by atoms with van der Waals surface area (Å²) in [5.74, 6) is 0. The van der Waals surface area contributed by atoms with E-state index in [1.807, 2.05) is 13.0 Å². The molecule has 0 bridgehead atoms. The van der Waals surface area contributed by atoms with Crippen LogP contribution in [0.5, 0.6) is 0 Å². The molecule has 0 aromatic heterocycles. The van der Waals surface area contributed by atoms with Crippen LogP contribution in [0.25, 0.3) is 0 Å². The van der Waals surface area contributed by atoms with Crippen molar-refractivity contribution in [2.45, 2.75) is 26.4 Å². The molecule has 25 heavy (non-hydrogen) atoms. The maximum Gasteiger partial charge on any atom is 0.361 e. The largest absolute Gasteiger partial charge is 0.361 e. The number of amides is 2. The van der Waals surface area contributed by atoms with Crippen molar-refractivity contribution in [1.82, 2.24) is 0 Å². The highest BCUT2D eigenvalue weighted by molar-refractivity contribution is 9.10. The Kier molecular flexibility index (Phi) is 6.79. The molecule has 6 nitrogen and oxygen atoms in total. The summed E-state index contributed by atoms with van der Waals surface area (Å²) in [5.41, 5.74) is 0.816. The molecule has 2 rings (SSSR count). The highest BCUT2D eigenvalue weighted by Crippen LogP contribution is 2.44. The molecule has 0 spiro atoms. The van der Waals surface area contributed by atoms with Gasteiger partial charge in [0.15, 0.2) is 0 Å². The second-order valence-electron chi connectivity index (χ2n) is 5.45. The number of carbonyl (C=O) groups excluding carboxylic acids is 1. The second-order valence-corrected chi connectivity index (χ2v) is 8.10. The van der Waals surface area contributed by atoms with Gasteiger partial charge in [-0.05, 0) is 43.7 Å². The van der Waals surface area contributed by atoms with Crippen LogP contribution in [-0.4, -0.2) is 17.0 Å². The van der Waals surface area contributed by atoms with Crippen molar-refractivity contribution < 1.29 is 18.8 Å². The fourth-order valence-electron chi connectivity index (χ4n) is 2.05. The van der Waals surface area contributed by atoms with Gasteiger partial charge in [0.1, 0.15) is 0 Å². The number of para-hydroxylation sites is 1. The predicted molar refractivity (Wildman–Crippen MR) is 104 cm³/mol. The number of nitrogens with one attached hydrogen (secondary N) is 2. The lowest BCUT2D eigenvalue weighted by Crippen LogP contribution is -2.24. The number of carbonyl (C=O) groups is 1. The fraction of sp³-hybridized carbons (Fsp3) is 0.235. The maximum atomic E-state index is 12.5. The van der Waals surface area contributed by atoms with E-state index in [0.29, 0.717) is 12.1 Å². The maximum absolute atomic E-state index is 12.5. The number of rotatable bonds is 6. The van der Waals surface area contributed by atoms with Crippen LogP contribution >= 0.6 is 23.5 Å². The van der Waals surface area contributed by atoms with Crippen LogP contribution in [0.3, 0.4) is 0 Å². The van der Waals surface area contributed by atoms with Crippen LogP contribution in [0.15, 0.2) is 53.0 Å². The molecule has 3 N–H and O–H groups in total. The Morgan fingerprint density at radius 3 is 2.64 bits per heavy atom. The number of anilines is 2. The van der Waals surface area contributed by atoms with Crippen LogP contribution < -0.4 is 15.9 Å². The van der Waals surface area contributed by atoms with Crippen molar-refractivity contribution in [3.8, 4) is 0 Å². The van der Waals surface area contributed by atoms with Gasteiger partial charge >= 0.3 is 13.6 Å². The van der Waals surface area contributed by atoms with E-state index >= 15 is 0 Å². The zero-order valence-corrected chi connectivity index (χ0v) is 16.4. The molecular weight excluding hydrogens is 407 g/mol. The molecule has 0 fully saturated rings. The Hall–Kier alpha value is -1.66. The Balaban J connectivity index is 2.17. The van der Waals surface area contributed by atoms with Crippen LogP contribution in [0, 0.1) is 0 Å². The van der Waals surface area contributed by atoms with Crippen LogP contribution in [0.2, 0.25) is 0 Å². The van der Waals surface area contributed by atoms with Gasteiger partial charge in [-0.25, -0.2) is 4.79 Å². The van der Waals surface area contributed by atoms with Crippen molar-refractivity contribution in [3.05, 3.63) is 53.0 Å². The highest BCUT2D eigenvalue weighted by Gasteiger charge is 2.28. The van der Waals surface area contributed by atoms with Crippen LogP contribution in [0.1, 0.15) is 20.3 Å². The molecule has 0 aliphatic heterocycles. The molecule has 0 radical (unpaired) electrons. The van der Waals surface area contributed by atoms with Crippen molar-refractivity contribution >= 4 is 46.2 Å². The van der Waals surface area contributed by atoms with Crippen molar-refractivity contribution in [2.75, 3.05) is 10.6 Å². The van der Waals surface area contributed by atoms with E-state index < -0.39 is 13.6 Å². The molecule has 2 unspecified atom stereocenters. The molecule has 2 atom stereocenters. The predicted octanol–water partition coefficient (Wildman–Crippen LogP) is 4.72. The fourth-order valence-corrected chi connectivity index (χ4v) is 3.91. The van der Waals surface area contributed by atoms with Gasteiger partial charge in [-0.1, -0.05) is 41.1 Å². The number of hydrogen-bond acceptors (Lipinski definition) is 3. The minimum Gasteiger partial charge on any atom is -0.321 e. The summed E-state index contributed by atoms with van der Waals surface area (Å²) in [6.45, 7) is 3.58. The van der Waals surface area contributed by atoms with Gasteiger partial charge < -0.3 is 20.1 Å². The standard InChI is InChI=1S/C17H20BrN2O4P/c1-3-12(2)24-25(22,23)16-10-5-4-9-15(16)20-17(21)19-14-8-6-7-13(18)11-14/h4-12H,3H2,1-2H3,(H,22,23)(H2,19,20,21). The Labute approximate surface area is 155 Å². The van der Waals surface area contributed by atoms with E-state index in [1.54, 1.807) is 43.3 Å². The normalized spacial score (nSPS) is 14.4. The summed E-state index contributed by atoms with van der Waals surface area (Å²) in [6.07, 6.45) is 0.225. The van der Waals surface area contributed by atoms with E-state index in [9.17, 15) is 14.3 Å². The first-order valence-corrected chi connectivity index (χ1v) is 10.1. The monoisotopic (exact) mass is 426 g/mol. The van der Waals surface area contributed by atoms with E-state index in [0.717, 1.165) is 4.47 Å². The van der Waals surface area contributed by atoms with Gasteiger partial charge in [0.25, 0.3) is 0 Å². The lowest BCUT2D eigenvalue weighted by molar-refractivity contribution is 0.192.